The van der Waals surface area contributed by atoms with Crippen molar-refractivity contribution in [1.82, 2.24) is 10.6 Å². The monoisotopic (exact) mass is 389 g/mol. The highest BCUT2D eigenvalue weighted by Crippen LogP contribution is 2.11. The van der Waals surface area contributed by atoms with Crippen molar-refractivity contribution >= 4 is 15.8 Å². The summed E-state index contributed by atoms with van der Waals surface area (Å²) in [6, 6.07) is 15.6. The van der Waals surface area contributed by atoms with E-state index in [1.54, 1.807) is 14.2 Å². The van der Waals surface area contributed by atoms with E-state index in [4.69, 9.17) is 4.74 Å². The van der Waals surface area contributed by atoms with E-state index < -0.39 is 9.84 Å². The van der Waals surface area contributed by atoms with E-state index in [-0.39, 0.29) is 5.75 Å². The van der Waals surface area contributed by atoms with Gasteiger partial charge in [0.1, 0.15) is 5.75 Å². The third-order valence-electron chi connectivity index (χ3n) is 4.00. The zero-order valence-electron chi connectivity index (χ0n) is 16.0. The zero-order valence-corrected chi connectivity index (χ0v) is 16.8. The Balaban J connectivity index is 1.77. The van der Waals surface area contributed by atoms with Crippen LogP contribution in [-0.4, -0.2) is 41.3 Å². The van der Waals surface area contributed by atoms with Crippen LogP contribution in [0.4, 0.5) is 0 Å². The van der Waals surface area contributed by atoms with Gasteiger partial charge in [-0.3, -0.25) is 4.99 Å². The van der Waals surface area contributed by atoms with E-state index in [1.165, 1.54) is 11.8 Å². The van der Waals surface area contributed by atoms with E-state index in [0.29, 0.717) is 6.54 Å². The molecule has 7 heteroatoms. The molecule has 0 atom stereocenters. The average molecular weight is 390 g/mol. The molecule has 2 rings (SSSR count). The van der Waals surface area contributed by atoms with Crippen molar-refractivity contribution in [3.8, 4) is 5.75 Å². The number of methoxy groups -OCH3 is 1. The maximum atomic E-state index is 11.3. The van der Waals surface area contributed by atoms with Gasteiger partial charge in [0.15, 0.2) is 15.8 Å². The van der Waals surface area contributed by atoms with Crippen LogP contribution in [0.3, 0.4) is 0 Å². The summed E-state index contributed by atoms with van der Waals surface area (Å²) in [6.07, 6.45) is 2.12. The average Bonchev–Trinajstić information content (AvgIpc) is 2.65. The second kappa shape index (κ2) is 9.97. The molecule has 0 aliphatic carbocycles. The van der Waals surface area contributed by atoms with E-state index in [0.717, 1.165) is 35.8 Å². The van der Waals surface area contributed by atoms with Crippen LogP contribution in [0.25, 0.3) is 0 Å². The summed E-state index contributed by atoms with van der Waals surface area (Å²) in [6.45, 7) is 1.38. The van der Waals surface area contributed by atoms with Gasteiger partial charge in [-0.2, -0.15) is 0 Å². The predicted octanol–water partition coefficient (Wildman–Crippen LogP) is 2.15. The molecular weight excluding hydrogens is 362 g/mol. The second-order valence-electron chi connectivity index (χ2n) is 6.34. The molecule has 0 amide bonds. The lowest BCUT2D eigenvalue weighted by molar-refractivity contribution is 0.414. The summed E-state index contributed by atoms with van der Waals surface area (Å²) in [5.74, 6) is 1.64. The fourth-order valence-electron chi connectivity index (χ4n) is 2.58. The first-order chi connectivity index (χ1) is 12.9. The van der Waals surface area contributed by atoms with Crippen LogP contribution in [0.2, 0.25) is 0 Å². The van der Waals surface area contributed by atoms with Crippen molar-refractivity contribution in [3.63, 3.8) is 0 Å². The van der Waals surface area contributed by atoms with Crippen molar-refractivity contribution in [2.45, 2.75) is 18.7 Å². The van der Waals surface area contributed by atoms with Gasteiger partial charge in [0.25, 0.3) is 0 Å². The van der Waals surface area contributed by atoms with Gasteiger partial charge in [0.05, 0.1) is 12.9 Å². The number of nitrogens with zero attached hydrogens (tertiary/aromatic N) is 1. The number of guanidine groups is 1. The quantitative estimate of drug-likeness (QED) is 0.534. The zero-order chi connectivity index (χ0) is 19.7. The van der Waals surface area contributed by atoms with Gasteiger partial charge in [0, 0.05) is 26.4 Å². The SMILES string of the molecule is CN=C(NCCc1ccc(OC)cc1)NCc1ccc(CS(C)(=O)=O)cc1. The van der Waals surface area contributed by atoms with Crippen LogP contribution < -0.4 is 15.4 Å². The first-order valence-corrected chi connectivity index (χ1v) is 10.8. The topological polar surface area (TPSA) is 79.8 Å². The number of aliphatic imine (C=N–C) groups is 1. The van der Waals surface area contributed by atoms with Gasteiger partial charge in [-0.1, -0.05) is 36.4 Å². The van der Waals surface area contributed by atoms with E-state index >= 15 is 0 Å². The molecule has 0 heterocycles. The molecule has 2 aromatic carbocycles. The van der Waals surface area contributed by atoms with Crippen molar-refractivity contribution in [2.75, 3.05) is 27.0 Å². The predicted molar refractivity (Wildman–Crippen MR) is 110 cm³/mol. The van der Waals surface area contributed by atoms with E-state index in [1.807, 2.05) is 36.4 Å². The third-order valence-corrected chi connectivity index (χ3v) is 4.86. The summed E-state index contributed by atoms with van der Waals surface area (Å²) in [7, 11) is 0.384. The van der Waals surface area contributed by atoms with E-state index in [2.05, 4.69) is 27.8 Å². The number of ether oxygens (including phenoxy) is 1. The highest BCUT2D eigenvalue weighted by Gasteiger charge is 2.04. The van der Waals surface area contributed by atoms with Crippen molar-refractivity contribution in [1.29, 1.82) is 0 Å². The summed E-state index contributed by atoms with van der Waals surface area (Å²) in [5, 5.41) is 6.55. The molecular formula is C20H27N3O3S. The minimum absolute atomic E-state index is 0.0648. The summed E-state index contributed by atoms with van der Waals surface area (Å²) in [4.78, 5) is 4.22. The molecule has 0 radical (unpaired) electrons. The largest absolute Gasteiger partial charge is 0.497 e. The summed E-state index contributed by atoms with van der Waals surface area (Å²) < 4.78 is 27.8. The third kappa shape index (κ3) is 7.70. The normalized spacial score (nSPS) is 11.9. The first-order valence-electron chi connectivity index (χ1n) is 8.72. The lowest BCUT2D eigenvalue weighted by Gasteiger charge is -2.12. The van der Waals surface area contributed by atoms with Crippen LogP contribution >= 0.6 is 0 Å². The van der Waals surface area contributed by atoms with Gasteiger partial charge in [-0.25, -0.2) is 8.42 Å². The molecule has 0 unspecified atom stereocenters. The minimum atomic E-state index is -3.01. The van der Waals surface area contributed by atoms with Gasteiger partial charge in [-0.05, 0) is 35.2 Å². The highest BCUT2D eigenvalue weighted by atomic mass is 32.2. The molecule has 27 heavy (non-hydrogen) atoms. The molecule has 0 fully saturated rings. The molecule has 2 aromatic rings. The van der Waals surface area contributed by atoms with Crippen LogP contribution in [0.5, 0.6) is 5.75 Å². The van der Waals surface area contributed by atoms with Gasteiger partial charge < -0.3 is 15.4 Å². The summed E-state index contributed by atoms with van der Waals surface area (Å²) >= 11 is 0. The highest BCUT2D eigenvalue weighted by molar-refractivity contribution is 7.89. The molecule has 0 aromatic heterocycles. The molecule has 0 aliphatic rings. The number of benzene rings is 2. The maximum Gasteiger partial charge on any atom is 0.191 e. The molecule has 6 nitrogen and oxygen atoms in total. The Morgan fingerprint density at radius 3 is 2.11 bits per heavy atom. The van der Waals surface area contributed by atoms with Crippen LogP contribution in [0, 0.1) is 0 Å². The molecule has 0 aliphatic heterocycles. The van der Waals surface area contributed by atoms with Gasteiger partial charge >= 0.3 is 0 Å². The Morgan fingerprint density at radius 2 is 1.56 bits per heavy atom. The smallest absolute Gasteiger partial charge is 0.191 e. The van der Waals surface area contributed by atoms with Crippen molar-refractivity contribution in [2.24, 2.45) is 4.99 Å². The fourth-order valence-corrected chi connectivity index (χ4v) is 3.38. The Hall–Kier alpha value is -2.54. The molecule has 0 saturated carbocycles. The Kier molecular flexibility index (Phi) is 7.67. The molecule has 0 saturated heterocycles. The van der Waals surface area contributed by atoms with Crippen LogP contribution in [0.1, 0.15) is 16.7 Å². The number of hydrogen-bond acceptors (Lipinski definition) is 4. The molecule has 2 N–H and O–H groups in total. The molecule has 146 valence electrons. The Bertz CT molecular complexity index is 845. The number of rotatable bonds is 8. The van der Waals surface area contributed by atoms with Crippen LogP contribution in [-0.2, 0) is 28.6 Å². The van der Waals surface area contributed by atoms with Gasteiger partial charge in [-0.15, -0.1) is 0 Å². The first kappa shape index (κ1) is 20.8. The maximum absolute atomic E-state index is 11.3. The standard InChI is InChI=1S/C20H27N3O3S/c1-21-20(22-13-12-16-8-10-19(26-2)11-9-16)23-14-17-4-6-18(7-5-17)15-27(3,24)25/h4-11H,12-15H2,1-3H3,(H2,21,22,23). The second-order valence-corrected chi connectivity index (χ2v) is 8.48. The number of nitrogens with one attached hydrogen (secondary N) is 2. The Labute approximate surface area is 161 Å². The van der Waals surface area contributed by atoms with Gasteiger partial charge in [0.2, 0.25) is 0 Å². The lowest BCUT2D eigenvalue weighted by atomic mass is 10.1. The molecule has 0 spiro atoms. The lowest BCUT2D eigenvalue weighted by Crippen LogP contribution is -2.37. The summed E-state index contributed by atoms with van der Waals surface area (Å²) in [5.41, 5.74) is 3.08. The van der Waals surface area contributed by atoms with E-state index in [9.17, 15) is 8.42 Å². The minimum Gasteiger partial charge on any atom is -0.497 e. The number of sulfone groups is 1. The number of hydrogen-bond donors (Lipinski definition) is 2. The van der Waals surface area contributed by atoms with Crippen LogP contribution in [0.15, 0.2) is 53.5 Å². The fraction of sp³-hybridized carbons (Fsp3) is 0.350. The van der Waals surface area contributed by atoms with Crippen molar-refractivity contribution in [3.05, 3.63) is 65.2 Å². The molecule has 0 bridgehead atoms. The van der Waals surface area contributed by atoms with Crippen molar-refractivity contribution < 1.29 is 13.2 Å². The Morgan fingerprint density at radius 1 is 0.963 bits per heavy atom.